The van der Waals surface area contributed by atoms with E-state index in [1.807, 2.05) is 44.4 Å². The van der Waals surface area contributed by atoms with E-state index in [0.29, 0.717) is 0 Å². The molecule has 0 heterocycles. The predicted molar refractivity (Wildman–Crippen MR) is 49.1 cm³/mol. The zero-order chi connectivity index (χ0) is 8.97. The van der Waals surface area contributed by atoms with E-state index in [1.54, 1.807) is 0 Å². The van der Waals surface area contributed by atoms with Crippen molar-refractivity contribution in [3.8, 4) is 0 Å². The van der Waals surface area contributed by atoms with Crippen LogP contribution in [0.2, 0.25) is 0 Å². The van der Waals surface area contributed by atoms with Gasteiger partial charge in [0, 0.05) is 0 Å². The summed E-state index contributed by atoms with van der Waals surface area (Å²) in [5.41, 5.74) is 0.999. The van der Waals surface area contributed by atoms with E-state index in [2.05, 4.69) is 0 Å². The highest BCUT2D eigenvalue weighted by molar-refractivity contribution is 5.16. The third kappa shape index (κ3) is 4.27. The third-order valence-electron chi connectivity index (χ3n) is 1.79. The average molecular weight is 202 g/mol. The van der Waals surface area contributed by atoms with Gasteiger partial charge in [0.05, 0.1) is 14.1 Å². The molecule has 0 unspecified atom stereocenters. The highest BCUT2D eigenvalue weighted by atomic mass is 35.5. The topological polar surface area (TPSA) is 24.7 Å². The van der Waals surface area contributed by atoms with Gasteiger partial charge in [0.2, 0.25) is 0 Å². The number of hydrogen-bond acceptors (Lipinski definition) is 1. The quantitative estimate of drug-likeness (QED) is 0.531. The molecule has 1 rings (SSSR count). The maximum atomic E-state index is 9.67. The van der Waals surface area contributed by atoms with Gasteiger partial charge in [-0.05, 0) is 5.56 Å². The Morgan fingerprint density at radius 3 is 2.23 bits per heavy atom. The molecule has 0 fully saturated rings. The first-order valence-electron chi connectivity index (χ1n) is 4.22. The van der Waals surface area contributed by atoms with Crippen LogP contribution in [-0.4, -0.2) is 25.7 Å². The molecule has 0 aliphatic heterocycles. The van der Waals surface area contributed by atoms with E-state index in [4.69, 9.17) is 0 Å². The molecule has 0 saturated carbocycles. The first-order valence-corrected chi connectivity index (χ1v) is 4.22. The molecule has 0 radical (unpaired) electrons. The Hall–Kier alpha value is -0.570. The van der Waals surface area contributed by atoms with Crippen molar-refractivity contribution in [1.82, 2.24) is 0 Å². The molecule has 74 valence electrons. The Morgan fingerprint density at radius 1 is 1.23 bits per heavy atom. The van der Waals surface area contributed by atoms with Crippen molar-refractivity contribution in [1.29, 1.82) is 0 Å². The summed E-state index contributed by atoms with van der Waals surface area (Å²) in [5, 5.41) is 9.67. The lowest BCUT2D eigenvalue weighted by Gasteiger charge is -2.13. The zero-order valence-electron chi connectivity index (χ0n) is 8.00. The Balaban J connectivity index is 0.00000144. The van der Waals surface area contributed by atoms with Gasteiger partial charge in [-0.1, -0.05) is 30.3 Å². The highest BCUT2D eigenvalue weighted by Gasteiger charge is 2.09. The minimum absolute atomic E-state index is 0. The molecule has 13 heavy (non-hydrogen) atoms. The van der Waals surface area contributed by atoms with Crippen LogP contribution in [0.1, 0.15) is 11.7 Å². The van der Waals surface area contributed by atoms with Crippen LogP contribution in [-0.2, 0) is 0 Å². The summed E-state index contributed by atoms with van der Waals surface area (Å²) in [6, 6.07) is 9.76. The molecular weight excluding hydrogens is 186 g/mol. The van der Waals surface area contributed by atoms with Gasteiger partial charge >= 0.3 is 0 Å². The summed E-state index contributed by atoms with van der Waals surface area (Å²) >= 11 is 0. The average Bonchev–Trinajstić information content (AvgIpc) is 2.05. The fourth-order valence-corrected chi connectivity index (χ4v) is 1.18. The Labute approximate surface area is 85.6 Å². The lowest BCUT2D eigenvalue weighted by molar-refractivity contribution is -0.862. The molecule has 0 spiro atoms. The van der Waals surface area contributed by atoms with Gasteiger partial charge in [-0.25, -0.2) is 0 Å². The van der Waals surface area contributed by atoms with Gasteiger partial charge in [0.15, 0.2) is 0 Å². The second-order valence-corrected chi connectivity index (χ2v) is 3.34. The summed E-state index contributed by atoms with van der Waals surface area (Å²) in [6.45, 7) is 0.754. The molecule has 0 aromatic heterocycles. The lowest BCUT2D eigenvalue weighted by atomic mass is 10.1. The number of aliphatic hydroxyl groups excluding tert-OH is 1. The SMILES string of the molecule is C[NH+](C)C[C@@H](O)c1ccccc1.[Cl-]. The molecule has 2 N–H and O–H groups in total. The highest BCUT2D eigenvalue weighted by Crippen LogP contribution is 2.08. The number of quaternary nitrogens is 1. The van der Waals surface area contributed by atoms with E-state index in [0.717, 1.165) is 12.1 Å². The molecule has 1 atom stereocenters. The summed E-state index contributed by atoms with van der Waals surface area (Å²) in [7, 11) is 4.07. The van der Waals surface area contributed by atoms with E-state index >= 15 is 0 Å². The number of likely N-dealkylation sites (N-methyl/N-ethyl adjacent to an activating group) is 1. The van der Waals surface area contributed by atoms with E-state index in [-0.39, 0.29) is 18.5 Å². The molecule has 1 aromatic rings. The smallest absolute Gasteiger partial charge is 0.128 e. The second-order valence-electron chi connectivity index (χ2n) is 3.34. The predicted octanol–water partition coefficient (Wildman–Crippen LogP) is -3.13. The molecule has 0 aliphatic carbocycles. The number of nitrogens with one attached hydrogen (secondary N) is 1. The molecule has 0 aliphatic rings. The Bertz CT molecular complexity index is 226. The minimum atomic E-state index is -0.337. The maximum absolute atomic E-state index is 9.67. The van der Waals surface area contributed by atoms with Gasteiger partial charge < -0.3 is 22.4 Å². The molecule has 3 heteroatoms. The van der Waals surface area contributed by atoms with Gasteiger partial charge in [-0.2, -0.15) is 0 Å². The van der Waals surface area contributed by atoms with Crippen LogP contribution < -0.4 is 17.3 Å². The molecule has 0 bridgehead atoms. The Kier molecular flexibility index (Phi) is 5.71. The van der Waals surface area contributed by atoms with Crippen LogP contribution in [0.15, 0.2) is 30.3 Å². The third-order valence-corrected chi connectivity index (χ3v) is 1.79. The fraction of sp³-hybridized carbons (Fsp3) is 0.400. The molecule has 0 amide bonds. The normalized spacial score (nSPS) is 12.3. The van der Waals surface area contributed by atoms with Crippen molar-refractivity contribution in [3.05, 3.63) is 35.9 Å². The van der Waals surface area contributed by atoms with Crippen LogP contribution in [0.3, 0.4) is 0 Å². The van der Waals surface area contributed by atoms with E-state index < -0.39 is 0 Å². The summed E-state index contributed by atoms with van der Waals surface area (Å²) in [4.78, 5) is 1.26. The summed E-state index contributed by atoms with van der Waals surface area (Å²) < 4.78 is 0. The van der Waals surface area contributed by atoms with Gasteiger partial charge in [-0.15, -0.1) is 0 Å². The maximum Gasteiger partial charge on any atom is 0.128 e. The zero-order valence-corrected chi connectivity index (χ0v) is 8.75. The second kappa shape index (κ2) is 5.97. The summed E-state index contributed by atoms with van der Waals surface area (Å²) in [6.07, 6.45) is -0.337. The van der Waals surface area contributed by atoms with Crippen LogP contribution in [0, 0.1) is 0 Å². The largest absolute Gasteiger partial charge is 1.00 e. The first kappa shape index (κ1) is 12.4. The van der Waals surface area contributed by atoms with Gasteiger partial charge in [0.1, 0.15) is 12.6 Å². The van der Waals surface area contributed by atoms with Crippen molar-refractivity contribution in [2.45, 2.75) is 6.10 Å². The standard InChI is InChI=1S/C10H15NO.ClH/c1-11(2)8-10(12)9-6-4-3-5-7-9;/h3-7,10,12H,8H2,1-2H3;1H/t10-;/m1./s1. The number of aliphatic hydroxyl groups is 1. The van der Waals surface area contributed by atoms with Crippen molar-refractivity contribution in [3.63, 3.8) is 0 Å². The monoisotopic (exact) mass is 201 g/mol. The number of halogens is 1. The van der Waals surface area contributed by atoms with Gasteiger partial charge in [-0.3, -0.25) is 0 Å². The Morgan fingerprint density at radius 2 is 1.77 bits per heavy atom. The lowest BCUT2D eigenvalue weighted by Crippen LogP contribution is -3.06. The van der Waals surface area contributed by atoms with Crippen LogP contribution >= 0.6 is 0 Å². The van der Waals surface area contributed by atoms with Crippen molar-refractivity contribution < 1.29 is 22.4 Å². The van der Waals surface area contributed by atoms with Crippen molar-refractivity contribution >= 4 is 0 Å². The van der Waals surface area contributed by atoms with Crippen LogP contribution in [0.5, 0.6) is 0 Å². The number of benzene rings is 1. The number of hydrogen-bond donors (Lipinski definition) is 2. The minimum Gasteiger partial charge on any atom is -1.00 e. The molecule has 1 aromatic carbocycles. The van der Waals surface area contributed by atoms with Crippen molar-refractivity contribution in [2.75, 3.05) is 20.6 Å². The first-order chi connectivity index (χ1) is 5.70. The fourth-order valence-electron chi connectivity index (χ4n) is 1.18. The molecule has 0 saturated heterocycles. The van der Waals surface area contributed by atoms with Crippen molar-refractivity contribution in [2.24, 2.45) is 0 Å². The molecule has 2 nitrogen and oxygen atoms in total. The van der Waals surface area contributed by atoms with Gasteiger partial charge in [0.25, 0.3) is 0 Å². The summed E-state index contributed by atoms with van der Waals surface area (Å²) in [5.74, 6) is 0. The number of rotatable bonds is 3. The van der Waals surface area contributed by atoms with E-state index in [1.165, 1.54) is 4.90 Å². The molecular formula is C10H16ClNO. The van der Waals surface area contributed by atoms with Crippen LogP contribution in [0.4, 0.5) is 0 Å². The van der Waals surface area contributed by atoms with E-state index in [9.17, 15) is 5.11 Å². The van der Waals surface area contributed by atoms with Crippen LogP contribution in [0.25, 0.3) is 0 Å².